The smallest absolute Gasteiger partial charge is 0.251 e. The lowest BCUT2D eigenvalue weighted by Crippen LogP contribution is -2.22. The molecule has 3 N–H and O–H groups in total. The third-order valence-electron chi connectivity index (χ3n) is 2.06. The number of amides is 1. The number of anilines is 1. The van der Waals surface area contributed by atoms with Crippen LogP contribution < -0.4 is 11.1 Å². The predicted octanol–water partition coefficient (Wildman–Crippen LogP) is 1.66. The summed E-state index contributed by atoms with van der Waals surface area (Å²) in [5, 5.41) is 4.68. The highest BCUT2D eigenvalue weighted by atomic mass is 32.1. The molecule has 0 aliphatic heterocycles. The van der Waals surface area contributed by atoms with E-state index in [-0.39, 0.29) is 5.91 Å². The van der Waals surface area contributed by atoms with Gasteiger partial charge < -0.3 is 11.1 Å². The van der Waals surface area contributed by atoms with E-state index in [1.54, 1.807) is 29.8 Å². The summed E-state index contributed by atoms with van der Waals surface area (Å²) in [6.45, 7) is 0.442. The zero-order valence-electron chi connectivity index (χ0n) is 8.51. The molecule has 0 radical (unpaired) electrons. The average molecular weight is 233 g/mol. The topological polar surface area (TPSA) is 68.0 Å². The molecule has 5 heteroatoms. The van der Waals surface area contributed by atoms with E-state index in [0.29, 0.717) is 17.8 Å². The molecule has 0 saturated carbocycles. The number of rotatable bonds is 3. The van der Waals surface area contributed by atoms with Crippen molar-refractivity contribution in [2.75, 3.05) is 5.73 Å². The Morgan fingerprint density at radius 3 is 3.06 bits per heavy atom. The van der Waals surface area contributed by atoms with E-state index in [1.165, 1.54) is 11.3 Å². The summed E-state index contributed by atoms with van der Waals surface area (Å²) in [7, 11) is 0. The molecule has 0 aliphatic carbocycles. The SMILES string of the molecule is Nc1cccc(C(=O)NCc2cscn2)c1. The Kier molecular flexibility index (Phi) is 3.16. The van der Waals surface area contributed by atoms with Crippen LogP contribution in [0.4, 0.5) is 5.69 Å². The van der Waals surface area contributed by atoms with Crippen molar-refractivity contribution < 1.29 is 4.79 Å². The maximum absolute atomic E-state index is 11.7. The molecule has 2 aromatic rings. The van der Waals surface area contributed by atoms with Crippen LogP contribution >= 0.6 is 11.3 Å². The number of hydrogen-bond acceptors (Lipinski definition) is 4. The molecule has 0 spiro atoms. The lowest BCUT2D eigenvalue weighted by atomic mass is 10.2. The highest BCUT2D eigenvalue weighted by Crippen LogP contribution is 2.07. The molecule has 0 atom stereocenters. The lowest BCUT2D eigenvalue weighted by molar-refractivity contribution is 0.0950. The van der Waals surface area contributed by atoms with Gasteiger partial charge in [0.05, 0.1) is 17.7 Å². The van der Waals surface area contributed by atoms with Gasteiger partial charge in [-0.15, -0.1) is 11.3 Å². The van der Waals surface area contributed by atoms with Crippen LogP contribution in [0, 0.1) is 0 Å². The zero-order valence-corrected chi connectivity index (χ0v) is 9.33. The summed E-state index contributed by atoms with van der Waals surface area (Å²) in [5.74, 6) is -0.139. The number of nitrogens with one attached hydrogen (secondary N) is 1. The number of nitrogens with two attached hydrogens (primary N) is 1. The highest BCUT2D eigenvalue weighted by molar-refractivity contribution is 7.07. The van der Waals surface area contributed by atoms with Crippen LogP contribution in [0.2, 0.25) is 0 Å². The third-order valence-corrected chi connectivity index (χ3v) is 2.70. The minimum atomic E-state index is -0.139. The van der Waals surface area contributed by atoms with E-state index >= 15 is 0 Å². The summed E-state index contributed by atoms with van der Waals surface area (Å²) in [4.78, 5) is 15.8. The second kappa shape index (κ2) is 4.76. The molecule has 0 bridgehead atoms. The van der Waals surface area contributed by atoms with Gasteiger partial charge in [-0.3, -0.25) is 4.79 Å². The van der Waals surface area contributed by atoms with Crippen LogP contribution in [0.15, 0.2) is 35.2 Å². The normalized spacial score (nSPS) is 10.0. The van der Waals surface area contributed by atoms with Crippen molar-refractivity contribution in [2.45, 2.75) is 6.54 Å². The first-order chi connectivity index (χ1) is 7.75. The minimum Gasteiger partial charge on any atom is -0.399 e. The first kappa shape index (κ1) is 10.6. The Morgan fingerprint density at radius 2 is 2.38 bits per heavy atom. The lowest BCUT2D eigenvalue weighted by Gasteiger charge is -2.03. The van der Waals surface area contributed by atoms with Gasteiger partial charge >= 0.3 is 0 Å². The van der Waals surface area contributed by atoms with Crippen LogP contribution in [0.5, 0.6) is 0 Å². The summed E-state index contributed by atoms with van der Waals surface area (Å²) in [6, 6.07) is 6.88. The van der Waals surface area contributed by atoms with Crippen molar-refractivity contribution in [1.82, 2.24) is 10.3 Å². The summed E-state index contributed by atoms with van der Waals surface area (Å²) in [5.41, 5.74) is 9.35. The zero-order chi connectivity index (χ0) is 11.4. The van der Waals surface area contributed by atoms with Crippen molar-refractivity contribution >= 4 is 22.9 Å². The Hall–Kier alpha value is -1.88. The first-order valence-corrected chi connectivity index (χ1v) is 5.71. The van der Waals surface area contributed by atoms with Gasteiger partial charge in [-0.1, -0.05) is 6.07 Å². The molecule has 4 nitrogen and oxygen atoms in total. The Morgan fingerprint density at radius 1 is 1.50 bits per heavy atom. The number of hydrogen-bond donors (Lipinski definition) is 2. The van der Waals surface area contributed by atoms with Crippen molar-refractivity contribution in [3.63, 3.8) is 0 Å². The Balaban J connectivity index is 1.98. The number of thiazole rings is 1. The first-order valence-electron chi connectivity index (χ1n) is 4.76. The van der Waals surface area contributed by atoms with Gasteiger partial charge in [-0.05, 0) is 18.2 Å². The van der Waals surface area contributed by atoms with Crippen LogP contribution in [-0.2, 0) is 6.54 Å². The molecule has 1 aromatic heterocycles. The summed E-state index contributed by atoms with van der Waals surface area (Å²) in [6.07, 6.45) is 0. The molecule has 0 saturated heterocycles. The van der Waals surface area contributed by atoms with E-state index in [9.17, 15) is 4.79 Å². The molecule has 2 rings (SSSR count). The van der Waals surface area contributed by atoms with E-state index < -0.39 is 0 Å². The monoisotopic (exact) mass is 233 g/mol. The molecule has 0 aliphatic rings. The van der Waals surface area contributed by atoms with E-state index in [1.807, 2.05) is 5.38 Å². The largest absolute Gasteiger partial charge is 0.399 e. The molecule has 82 valence electrons. The Labute approximate surface area is 97.1 Å². The van der Waals surface area contributed by atoms with Gasteiger partial charge in [-0.2, -0.15) is 0 Å². The van der Waals surface area contributed by atoms with E-state index in [4.69, 9.17) is 5.73 Å². The van der Waals surface area contributed by atoms with Crippen LogP contribution in [-0.4, -0.2) is 10.9 Å². The molecule has 1 aromatic carbocycles. The standard InChI is InChI=1S/C11H11N3OS/c12-9-3-1-2-8(4-9)11(15)13-5-10-6-16-7-14-10/h1-4,6-7H,5,12H2,(H,13,15). The fourth-order valence-electron chi connectivity index (χ4n) is 1.28. The van der Waals surface area contributed by atoms with Gasteiger partial charge in [-0.25, -0.2) is 4.98 Å². The van der Waals surface area contributed by atoms with Crippen LogP contribution in [0.25, 0.3) is 0 Å². The van der Waals surface area contributed by atoms with Crippen molar-refractivity contribution in [1.29, 1.82) is 0 Å². The molecule has 1 amide bonds. The number of carbonyl (C=O) groups is 1. The number of aromatic nitrogens is 1. The highest BCUT2D eigenvalue weighted by Gasteiger charge is 2.05. The van der Waals surface area contributed by atoms with Gasteiger partial charge in [0.25, 0.3) is 5.91 Å². The van der Waals surface area contributed by atoms with Gasteiger partial charge in [0, 0.05) is 16.6 Å². The number of benzene rings is 1. The quantitative estimate of drug-likeness (QED) is 0.792. The Bertz CT molecular complexity index is 482. The molecular weight excluding hydrogens is 222 g/mol. The molecule has 0 fully saturated rings. The second-order valence-corrected chi connectivity index (χ2v) is 4.01. The fraction of sp³-hybridized carbons (Fsp3) is 0.0909. The second-order valence-electron chi connectivity index (χ2n) is 3.29. The molecule has 0 unspecified atom stereocenters. The van der Waals surface area contributed by atoms with Gasteiger partial charge in [0.2, 0.25) is 0 Å². The fourth-order valence-corrected chi connectivity index (χ4v) is 1.84. The van der Waals surface area contributed by atoms with Crippen LogP contribution in [0.3, 0.4) is 0 Å². The molecular formula is C11H11N3OS. The van der Waals surface area contributed by atoms with E-state index in [0.717, 1.165) is 5.69 Å². The maximum Gasteiger partial charge on any atom is 0.251 e. The number of nitrogen functional groups attached to an aromatic ring is 1. The van der Waals surface area contributed by atoms with Gasteiger partial charge in [0.1, 0.15) is 0 Å². The van der Waals surface area contributed by atoms with Gasteiger partial charge in [0.15, 0.2) is 0 Å². The average Bonchev–Trinajstić information content (AvgIpc) is 2.78. The van der Waals surface area contributed by atoms with E-state index in [2.05, 4.69) is 10.3 Å². The summed E-state index contributed by atoms with van der Waals surface area (Å²) >= 11 is 1.51. The molecule has 16 heavy (non-hydrogen) atoms. The summed E-state index contributed by atoms with van der Waals surface area (Å²) < 4.78 is 0. The van der Waals surface area contributed by atoms with Crippen molar-refractivity contribution in [3.8, 4) is 0 Å². The maximum atomic E-state index is 11.7. The van der Waals surface area contributed by atoms with Crippen LogP contribution in [0.1, 0.15) is 16.1 Å². The van der Waals surface area contributed by atoms with Crippen molar-refractivity contribution in [2.24, 2.45) is 0 Å². The molecule has 1 heterocycles. The number of carbonyl (C=O) groups excluding carboxylic acids is 1. The minimum absolute atomic E-state index is 0.139. The van der Waals surface area contributed by atoms with Crippen molar-refractivity contribution in [3.05, 3.63) is 46.4 Å². The third kappa shape index (κ3) is 2.58. The predicted molar refractivity (Wildman–Crippen MR) is 64.1 cm³/mol. The number of nitrogens with zero attached hydrogens (tertiary/aromatic N) is 1.